The van der Waals surface area contributed by atoms with E-state index in [4.69, 9.17) is 4.74 Å². The Morgan fingerprint density at radius 1 is 1.47 bits per heavy atom. The summed E-state index contributed by atoms with van der Waals surface area (Å²) in [6.45, 7) is 5.44. The Morgan fingerprint density at radius 2 is 2.18 bits per heavy atom. The molecule has 17 heavy (non-hydrogen) atoms. The van der Waals surface area contributed by atoms with Gasteiger partial charge in [0.25, 0.3) is 0 Å². The second-order valence-electron chi connectivity index (χ2n) is 4.58. The van der Waals surface area contributed by atoms with Crippen LogP contribution in [0.3, 0.4) is 0 Å². The number of fused-ring (bicyclic) bond motifs is 1. The lowest BCUT2D eigenvalue weighted by atomic mass is 10.2. The van der Waals surface area contributed by atoms with E-state index in [9.17, 15) is 4.79 Å². The molecule has 90 valence electrons. The van der Waals surface area contributed by atoms with Crippen LogP contribution in [-0.4, -0.2) is 26.5 Å². The molecule has 0 fully saturated rings. The fourth-order valence-electron chi connectivity index (χ4n) is 1.37. The Hall–Kier alpha value is -1.43. The van der Waals surface area contributed by atoms with Gasteiger partial charge in [-0.3, -0.25) is 4.98 Å². The first-order valence-corrected chi connectivity index (χ1v) is 5.89. The number of hydrogen-bond donors (Lipinski definition) is 0. The first kappa shape index (κ1) is 12.0. The third-order valence-corrected chi connectivity index (χ3v) is 2.59. The Morgan fingerprint density at radius 3 is 2.82 bits per heavy atom. The maximum absolute atomic E-state index is 11.9. The minimum absolute atomic E-state index is 0.501. The summed E-state index contributed by atoms with van der Waals surface area (Å²) in [5, 5.41) is 4.87. The van der Waals surface area contributed by atoms with Crippen LogP contribution in [0.5, 0.6) is 0 Å². The molecule has 2 rings (SSSR count). The zero-order valence-corrected chi connectivity index (χ0v) is 11.4. The first-order valence-electron chi connectivity index (χ1n) is 5.10. The predicted molar refractivity (Wildman–Crippen MR) is 66.9 cm³/mol. The first-order chi connectivity index (χ1) is 7.88. The van der Waals surface area contributed by atoms with E-state index in [-0.39, 0.29) is 0 Å². The number of hydrogen-bond acceptors (Lipinski definition) is 4. The number of halogens is 1. The van der Waals surface area contributed by atoms with Crippen LogP contribution >= 0.6 is 15.9 Å². The number of carbonyl (C=O) groups is 1. The molecule has 0 N–H and O–H groups in total. The average molecular weight is 298 g/mol. The summed E-state index contributed by atoms with van der Waals surface area (Å²) in [6, 6.07) is 1.72. The molecule has 0 saturated heterocycles. The molecule has 0 aliphatic carbocycles. The third kappa shape index (κ3) is 2.46. The van der Waals surface area contributed by atoms with Crippen molar-refractivity contribution in [3.8, 4) is 0 Å². The van der Waals surface area contributed by atoms with Crippen LogP contribution < -0.4 is 0 Å². The summed E-state index contributed by atoms with van der Waals surface area (Å²) in [6.07, 6.45) is 2.75. The molecular weight excluding hydrogens is 286 g/mol. The van der Waals surface area contributed by atoms with Crippen LogP contribution in [0.4, 0.5) is 4.79 Å². The average Bonchev–Trinajstić information content (AvgIpc) is 2.55. The lowest BCUT2D eigenvalue weighted by molar-refractivity contribution is 0.0522. The number of pyridine rings is 1. The highest BCUT2D eigenvalue weighted by Crippen LogP contribution is 2.22. The fraction of sp³-hybridized carbons (Fsp3) is 0.364. The Kier molecular flexibility index (Phi) is 2.91. The van der Waals surface area contributed by atoms with Crippen molar-refractivity contribution >= 4 is 32.9 Å². The number of ether oxygens (including phenoxy) is 1. The van der Waals surface area contributed by atoms with Gasteiger partial charge in [0.05, 0.1) is 10.9 Å². The normalized spacial score (nSPS) is 11.8. The largest absolute Gasteiger partial charge is 0.442 e. The van der Waals surface area contributed by atoms with E-state index in [1.807, 2.05) is 20.8 Å². The molecule has 0 amide bonds. The molecule has 0 atom stereocenters. The molecule has 0 bridgehead atoms. The van der Waals surface area contributed by atoms with Gasteiger partial charge in [0, 0.05) is 12.4 Å². The van der Waals surface area contributed by atoms with E-state index in [1.165, 1.54) is 4.68 Å². The molecule has 0 spiro atoms. The second-order valence-corrected chi connectivity index (χ2v) is 5.33. The van der Waals surface area contributed by atoms with Gasteiger partial charge in [0.1, 0.15) is 10.2 Å². The van der Waals surface area contributed by atoms with Crippen LogP contribution in [0, 0.1) is 0 Å². The van der Waals surface area contributed by atoms with Crippen molar-refractivity contribution in [1.82, 2.24) is 14.8 Å². The highest BCUT2D eigenvalue weighted by molar-refractivity contribution is 9.10. The Labute approximate surface area is 107 Å². The van der Waals surface area contributed by atoms with Gasteiger partial charge in [-0.05, 0) is 42.8 Å². The molecule has 0 aliphatic rings. The summed E-state index contributed by atoms with van der Waals surface area (Å²) in [5.41, 5.74) is 0.121. The van der Waals surface area contributed by atoms with Crippen LogP contribution in [0.25, 0.3) is 10.9 Å². The molecule has 6 heteroatoms. The standard InChI is InChI=1S/C11H12BrN3O2/c1-11(2,3)17-10(16)15-8-4-5-13-6-7(8)9(12)14-15/h4-6H,1-3H3. The number of aromatic nitrogens is 3. The molecule has 0 aromatic carbocycles. The minimum Gasteiger partial charge on any atom is -0.442 e. The molecular formula is C11H12BrN3O2. The van der Waals surface area contributed by atoms with Crippen molar-refractivity contribution in [3.05, 3.63) is 23.1 Å². The molecule has 0 unspecified atom stereocenters. The molecule has 0 aliphatic heterocycles. The van der Waals surface area contributed by atoms with Gasteiger partial charge in [-0.25, -0.2) is 4.79 Å². The van der Waals surface area contributed by atoms with Gasteiger partial charge < -0.3 is 4.74 Å². The van der Waals surface area contributed by atoms with Crippen LogP contribution in [0.2, 0.25) is 0 Å². The minimum atomic E-state index is -0.547. The van der Waals surface area contributed by atoms with Gasteiger partial charge >= 0.3 is 6.09 Å². The van der Waals surface area contributed by atoms with Gasteiger partial charge in [-0.1, -0.05) is 0 Å². The second kappa shape index (κ2) is 4.10. The maximum atomic E-state index is 11.9. The van der Waals surface area contributed by atoms with Crippen molar-refractivity contribution in [3.63, 3.8) is 0 Å². The van der Waals surface area contributed by atoms with Crippen molar-refractivity contribution in [2.75, 3.05) is 0 Å². The van der Waals surface area contributed by atoms with E-state index < -0.39 is 11.7 Å². The number of carbonyl (C=O) groups excluding carboxylic acids is 1. The summed E-state index contributed by atoms with van der Waals surface area (Å²) in [4.78, 5) is 15.9. The van der Waals surface area contributed by atoms with E-state index >= 15 is 0 Å². The van der Waals surface area contributed by atoms with Crippen molar-refractivity contribution < 1.29 is 9.53 Å². The molecule has 0 saturated carbocycles. The molecule has 2 aromatic rings. The van der Waals surface area contributed by atoms with Crippen molar-refractivity contribution in [2.24, 2.45) is 0 Å². The summed E-state index contributed by atoms with van der Waals surface area (Å²) in [7, 11) is 0. The predicted octanol–water partition coefficient (Wildman–Crippen LogP) is 2.98. The third-order valence-electron chi connectivity index (χ3n) is 2.00. The maximum Gasteiger partial charge on any atom is 0.435 e. The van der Waals surface area contributed by atoms with E-state index in [2.05, 4.69) is 26.0 Å². The van der Waals surface area contributed by atoms with Crippen molar-refractivity contribution in [2.45, 2.75) is 26.4 Å². The fourth-order valence-corrected chi connectivity index (χ4v) is 1.83. The lowest BCUT2D eigenvalue weighted by Gasteiger charge is -2.19. The monoisotopic (exact) mass is 297 g/mol. The molecule has 2 aromatic heterocycles. The van der Waals surface area contributed by atoms with Gasteiger partial charge in [0.2, 0.25) is 0 Å². The summed E-state index contributed by atoms with van der Waals surface area (Å²) in [5.74, 6) is 0. The Balaban J connectivity index is 2.46. The molecule has 5 nitrogen and oxygen atoms in total. The van der Waals surface area contributed by atoms with Gasteiger partial charge in [-0.15, -0.1) is 0 Å². The van der Waals surface area contributed by atoms with E-state index in [1.54, 1.807) is 18.5 Å². The zero-order chi connectivity index (χ0) is 12.6. The van der Waals surface area contributed by atoms with Crippen LogP contribution in [0.1, 0.15) is 20.8 Å². The highest BCUT2D eigenvalue weighted by Gasteiger charge is 2.21. The van der Waals surface area contributed by atoms with E-state index in [0.717, 1.165) is 5.39 Å². The van der Waals surface area contributed by atoms with Gasteiger partial charge in [0.15, 0.2) is 0 Å². The van der Waals surface area contributed by atoms with Crippen LogP contribution in [0.15, 0.2) is 23.1 Å². The SMILES string of the molecule is CC(C)(C)OC(=O)n1nc(Br)c2cnccc21. The van der Waals surface area contributed by atoms with Crippen LogP contribution in [-0.2, 0) is 4.74 Å². The number of nitrogens with zero attached hydrogens (tertiary/aromatic N) is 3. The van der Waals surface area contributed by atoms with Crippen molar-refractivity contribution in [1.29, 1.82) is 0 Å². The highest BCUT2D eigenvalue weighted by atomic mass is 79.9. The van der Waals surface area contributed by atoms with E-state index in [0.29, 0.717) is 10.1 Å². The number of rotatable bonds is 0. The summed E-state index contributed by atoms with van der Waals surface area (Å²) >= 11 is 3.29. The Bertz CT molecular complexity index is 572. The summed E-state index contributed by atoms with van der Waals surface area (Å²) < 4.78 is 7.07. The quantitative estimate of drug-likeness (QED) is 0.750. The molecule has 0 radical (unpaired) electrons. The lowest BCUT2D eigenvalue weighted by Crippen LogP contribution is -2.27. The van der Waals surface area contributed by atoms with Gasteiger partial charge in [-0.2, -0.15) is 9.78 Å². The topological polar surface area (TPSA) is 57.0 Å². The smallest absolute Gasteiger partial charge is 0.435 e. The molecule has 2 heterocycles. The zero-order valence-electron chi connectivity index (χ0n) is 9.77.